The number of ketones is 1. The van der Waals surface area contributed by atoms with Crippen LogP contribution in [0.15, 0.2) is 58.8 Å². The number of rotatable bonds is 5. The van der Waals surface area contributed by atoms with Crippen molar-refractivity contribution in [3.8, 4) is 0 Å². The molecule has 0 aromatic carbocycles. The third kappa shape index (κ3) is 4.06. The molecule has 0 saturated heterocycles. The van der Waals surface area contributed by atoms with Crippen LogP contribution in [0.3, 0.4) is 0 Å². The van der Waals surface area contributed by atoms with Gasteiger partial charge in [-0.05, 0) is 112 Å². The lowest BCUT2D eigenvalue weighted by atomic mass is 9.34. The first-order valence-corrected chi connectivity index (χ1v) is 15.9. The lowest BCUT2D eigenvalue weighted by Crippen LogP contribution is -2.62. The fraction of sp³-hybridized carbons (Fsp3) is 0.639. The Labute approximate surface area is 251 Å². The molecule has 6 heteroatoms. The zero-order valence-electron chi connectivity index (χ0n) is 26.6. The maximum absolute atomic E-state index is 13.7. The number of hydrogen-bond acceptors (Lipinski definition) is 5. The largest absolute Gasteiger partial charge is 0.504 e. The monoisotopic (exact) mass is 572 g/mol. The lowest BCUT2D eigenvalue weighted by Gasteiger charge is -2.70. The Morgan fingerprint density at radius 2 is 1.79 bits per heavy atom. The van der Waals surface area contributed by atoms with Crippen molar-refractivity contribution < 1.29 is 19.4 Å². The number of esters is 1. The standard InChI is InChI=1S/C36H48N2O4/c1-23-21-38(22-37-23)17-8-18-42-31(41)33(4)12-11-32(3)13-15-35(6)28-10-9-25-24(2)30(40)27(39)19-26(25)34(28,5)14-16-36(35,7)29(32)20-33/h9-10,19,21-22,29,40H,8,11-18,20H2,1-7H3/t29-,32-,33-,34+,35-,36+/m1/s1. The van der Waals surface area contributed by atoms with Gasteiger partial charge in [-0.3, -0.25) is 9.59 Å². The first-order chi connectivity index (χ1) is 19.7. The molecule has 3 fully saturated rings. The van der Waals surface area contributed by atoms with Gasteiger partial charge in [-0.15, -0.1) is 0 Å². The molecule has 1 N–H and O–H groups in total. The van der Waals surface area contributed by atoms with Gasteiger partial charge in [-0.25, -0.2) is 4.98 Å². The molecule has 1 heterocycles. The minimum Gasteiger partial charge on any atom is -0.504 e. The summed E-state index contributed by atoms with van der Waals surface area (Å²) >= 11 is 0. The number of carbonyl (C=O) groups excluding carboxylic acids is 2. The zero-order chi connectivity index (χ0) is 30.3. The van der Waals surface area contributed by atoms with Crippen molar-refractivity contribution in [3.05, 3.63) is 64.5 Å². The molecule has 1 aromatic heterocycles. The van der Waals surface area contributed by atoms with Crippen molar-refractivity contribution in [3.63, 3.8) is 0 Å². The number of carbonyl (C=O) groups is 2. The number of hydrogen-bond donors (Lipinski definition) is 1. The van der Waals surface area contributed by atoms with Crippen LogP contribution < -0.4 is 0 Å². The number of allylic oxidation sites excluding steroid dienone is 7. The number of fused-ring (bicyclic) bond motifs is 7. The Bertz CT molecular complexity index is 1480. The van der Waals surface area contributed by atoms with Crippen LogP contribution in [0.1, 0.15) is 98.6 Å². The third-order valence-corrected chi connectivity index (χ3v) is 12.9. The lowest BCUT2D eigenvalue weighted by molar-refractivity contribution is -0.182. The minimum absolute atomic E-state index is 0.0180. The first-order valence-electron chi connectivity index (χ1n) is 15.9. The smallest absolute Gasteiger partial charge is 0.311 e. The molecule has 0 spiro atoms. The maximum Gasteiger partial charge on any atom is 0.311 e. The quantitative estimate of drug-likeness (QED) is 0.288. The van der Waals surface area contributed by atoms with Crippen molar-refractivity contribution >= 4 is 11.8 Å². The highest BCUT2D eigenvalue weighted by Crippen LogP contribution is 2.75. The van der Waals surface area contributed by atoms with Gasteiger partial charge in [0.05, 0.1) is 24.0 Å². The number of aliphatic hydroxyl groups is 1. The van der Waals surface area contributed by atoms with Crippen LogP contribution in [0.25, 0.3) is 0 Å². The Hall–Kier alpha value is -2.89. The Morgan fingerprint density at radius 1 is 1.05 bits per heavy atom. The van der Waals surface area contributed by atoms with Crippen LogP contribution in [0.2, 0.25) is 0 Å². The van der Waals surface area contributed by atoms with Crippen LogP contribution >= 0.6 is 0 Å². The van der Waals surface area contributed by atoms with Crippen LogP contribution in [0.4, 0.5) is 0 Å². The summed E-state index contributed by atoms with van der Waals surface area (Å²) in [6.07, 6.45) is 17.8. The molecule has 0 unspecified atom stereocenters. The molecule has 5 aliphatic carbocycles. The van der Waals surface area contributed by atoms with E-state index in [1.165, 1.54) is 5.57 Å². The van der Waals surface area contributed by atoms with Crippen LogP contribution in [0.5, 0.6) is 0 Å². The fourth-order valence-corrected chi connectivity index (χ4v) is 9.82. The molecule has 42 heavy (non-hydrogen) atoms. The molecule has 226 valence electrons. The van der Waals surface area contributed by atoms with Crippen molar-refractivity contribution in [2.45, 2.75) is 106 Å². The highest BCUT2D eigenvalue weighted by atomic mass is 16.5. The average Bonchev–Trinajstić information content (AvgIpc) is 3.37. The van der Waals surface area contributed by atoms with E-state index in [1.54, 1.807) is 6.08 Å². The molecule has 6 nitrogen and oxygen atoms in total. The van der Waals surface area contributed by atoms with Gasteiger partial charge in [0.1, 0.15) is 0 Å². The maximum atomic E-state index is 13.7. The number of ether oxygens (including phenoxy) is 1. The van der Waals surface area contributed by atoms with Crippen molar-refractivity contribution in [2.24, 2.45) is 33.0 Å². The van der Waals surface area contributed by atoms with E-state index in [1.807, 2.05) is 26.4 Å². The van der Waals surface area contributed by atoms with Gasteiger partial charge >= 0.3 is 5.97 Å². The molecule has 1 aromatic rings. The third-order valence-electron chi connectivity index (χ3n) is 12.9. The number of aliphatic hydroxyl groups excluding tert-OH is 1. The normalized spacial score (nSPS) is 39.3. The van der Waals surface area contributed by atoms with E-state index in [0.717, 1.165) is 74.8 Å². The molecule has 6 atom stereocenters. The summed E-state index contributed by atoms with van der Waals surface area (Å²) in [5.74, 6) is -0.0535. The Morgan fingerprint density at radius 3 is 2.50 bits per heavy atom. The number of aromatic nitrogens is 2. The minimum atomic E-state index is -0.483. The Kier molecular flexibility index (Phi) is 6.64. The van der Waals surface area contributed by atoms with Crippen LogP contribution in [0, 0.1) is 39.9 Å². The second-order valence-corrected chi connectivity index (χ2v) is 15.4. The topological polar surface area (TPSA) is 81.4 Å². The van der Waals surface area contributed by atoms with Crippen molar-refractivity contribution in [1.29, 1.82) is 0 Å². The number of nitrogens with zero attached hydrogens (tertiary/aromatic N) is 2. The fourth-order valence-electron chi connectivity index (χ4n) is 9.82. The van der Waals surface area contributed by atoms with Gasteiger partial charge < -0.3 is 14.4 Å². The second kappa shape index (κ2) is 9.56. The molecule has 0 amide bonds. The molecule has 3 saturated carbocycles. The van der Waals surface area contributed by atoms with E-state index in [-0.39, 0.29) is 39.2 Å². The SMILES string of the molecule is CC1=C(O)C(=O)C=C2C1=CC=C1[C@@]2(C)CC[C@@]2(C)[C@@H]3C[C@](C)(C(=O)OCCCn4cnc(C)c4)CC[C@]3(C)CC[C@]12C. The zero-order valence-corrected chi connectivity index (χ0v) is 26.6. The van der Waals surface area contributed by atoms with Gasteiger partial charge in [-0.1, -0.05) is 45.4 Å². The summed E-state index contributed by atoms with van der Waals surface area (Å²) in [7, 11) is 0. The second-order valence-electron chi connectivity index (χ2n) is 15.4. The van der Waals surface area contributed by atoms with E-state index in [2.05, 4.69) is 56.3 Å². The molecule has 0 radical (unpaired) electrons. The van der Waals surface area contributed by atoms with Gasteiger partial charge in [-0.2, -0.15) is 0 Å². The summed E-state index contributed by atoms with van der Waals surface area (Å²) < 4.78 is 8.00. The van der Waals surface area contributed by atoms with E-state index < -0.39 is 5.41 Å². The summed E-state index contributed by atoms with van der Waals surface area (Å²) in [5, 5.41) is 10.4. The predicted octanol–water partition coefficient (Wildman–Crippen LogP) is 7.75. The van der Waals surface area contributed by atoms with E-state index in [9.17, 15) is 14.7 Å². The molecular formula is C36H48N2O4. The molecule has 0 aliphatic heterocycles. The average molecular weight is 573 g/mol. The van der Waals surface area contributed by atoms with Crippen molar-refractivity contribution in [2.75, 3.05) is 6.61 Å². The molecule has 5 aliphatic rings. The Balaban J connectivity index is 1.26. The summed E-state index contributed by atoms with van der Waals surface area (Å²) in [4.78, 5) is 30.7. The van der Waals surface area contributed by atoms with Gasteiger partial charge in [0.25, 0.3) is 0 Å². The summed E-state index contributed by atoms with van der Waals surface area (Å²) in [5.41, 5.74) is 4.61. The van der Waals surface area contributed by atoms with Crippen LogP contribution in [-0.2, 0) is 20.9 Å². The first kappa shape index (κ1) is 29.2. The predicted molar refractivity (Wildman–Crippen MR) is 163 cm³/mol. The van der Waals surface area contributed by atoms with E-state index in [4.69, 9.17) is 4.74 Å². The summed E-state index contributed by atoms with van der Waals surface area (Å²) in [6.45, 7) is 16.9. The number of imidazole rings is 1. The van der Waals surface area contributed by atoms with Crippen LogP contribution in [-0.4, -0.2) is 33.0 Å². The highest BCUT2D eigenvalue weighted by molar-refractivity contribution is 6.06. The number of aryl methyl sites for hydroxylation is 2. The van der Waals surface area contributed by atoms with Gasteiger partial charge in [0.15, 0.2) is 5.76 Å². The van der Waals surface area contributed by atoms with Gasteiger partial charge in [0, 0.05) is 23.7 Å². The molecule has 6 rings (SSSR count). The van der Waals surface area contributed by atoms with Crippen molar-refractivity contribution in [1.82, 2.24) is 9.55 Å². The van der Waals surface area contributed by atoms with Gasteiger partial charge in [0.2, 0.25) is 5.78 Å². The molecule has 0 bridgehead atoms. The summed E-state index contributed by atoms with van der Waals surface area (Å²) in [6, 6.07) is 0. The van der Waals surface area contributed by atoms with E-state index in [0.29, 0.717) is 18.1 Å². The highest BCUT2D eigenvalue weighted by Gasteiger charge is 2.67. The molecular weight excluding hydrogens is 524 g/mol. The van der Waals surface area contributed by atoms with E-state index >= 15 is 0 Å².